The van der Waals surface area contributed by atoms with Gasteiger partial charge in [-0.3, -0.25) is 9.58 Å². The van der Waals surface area contributed by atoms with Crippen LogP contribution in [0.5, 0.6) is 5.75 Å². The molecule has 330 valence electrons. The van der Waals surface area contributed by atoms with Crippen LogP contribution in [0.1, 0.15) is 96.2 Å². The summed E-state index contributed by atoms with van der Waals surface area (Å²) in [5, 5.41) is 8.30. The summed E-state index contributed by atoms with van der Waals surface area (Å²) in [6.45, 7) is 29.4. The Hall–Kier alpha value is -4.65. The first-order chi connectivity index (χ1) is 28.5. The topological polar surface area (TPSA) is 100 Å². The van der Waals surface area contributed by atoms with Crippen LogP contribution in [0.2, 0.25) is 18.1 Å². The van der Waals surface area contributed by atoms with Crippen molar-refractivity contribution < 1.29 is 28.2 Å². The summed E-state index contributed by atoms with van der Waals surface area (Å²) in [6.07, 6.45) is 1.01. The molecule has 12 heteroatoms. The molecule has 6 rings (SSSR count). The van der Waals surface area contributed by atoms with Gasteiger partial charge in [-0.2, -0.15) is 5.10 Å². The zero-order chi connectivity index (χ0) is 44.5. The highest BCUT2D eigenvalue weighted by molar-refractivity contribution is 6.74. The number of amides is 1. The van der Waals surface area contributed by atoms with E-state index in [9.17, 15) is 9.59 Å². The van der Waals surface area contributed by atoms with Crippen LogP contribution in [-0.4, -0.2) is 95.1 Å². The molecular weight excluding hydrogens is 783 g/mol. The number of hydrogen-bond donors (Lipinski definition) is 0. The van der Waals surface area contributed by atoms with Gasteiger partial charge in [-0.25, -0.2) is 9.59 Å². The minimum absolute atomic E-state index is 0.0403. The van der Waals surface area contributed by atoms with Gasteiger partial charge >= 0.3 is 12.1 Å². The lowest BCUT2D eigenvalue weighted by atomic mass is 9.98. The monoisotopic (exact) mass is 852 g/mol. The number of carbonyl (C=O) groups excluding carboxylic acids is 2. The number of hydrogen-bond acceptors (Lipinski definition) is 8. The second kappa shape index (κ2) is 18.0. The van der Waals surface area contributed by atoms with Gasteiger partial charge in [0.25, 0.3) is 0 Å². The summed E-state index contributed by atoms with van der Waals surface area (Å²) in [5.41, 5.74) is 5.17. The Morgan fingerprint density at radius 3 is 2.10 bits per heavy atom. The SMILES string of the molecule is Cc1c(-c2cccc3c(CCCOc4cccc5ccccc45)c(C(=O)OC(C)(C)C)n(CCN4CCN(C(=O)OC(C)(C)C)CC4)c23)c(CO[Si](C)(C)C(C)(C)C)nn1C. The molecule has 3 heterocycles. The normalized spacial score (nSPS) is 14.5. The van der Waals surface area contributed by atoms with E-state index in [1.165, 1.54) is 0 Å². The Morgan fingerprint density at radius 2 is 1.43 bits per heavy atom. The number of para-hydroxylation sites is 1. The molecule has 3 aromatic carbocycles. The van der Waals surface area contributed by atoms with Gasteiger partial charge in [-0.05, 0) is 96.5 Å². The van der Waals surface area contributed by atoms with E-state index in [0.717, 1.165) is 55.5 Å². The molecule has 1 fully saturated rings. The molecule has 1 aliphatic rings. The van der Waals surface area contributed by atoms with Crippen molar-refractivity contribution >= 4 is 42.1 Å². The van der Waals surface area contributed by atoms with E-state index in [1.54, 1.807) is 4.90 Å². The number of benzene rings is 3. The van der Waals surface area contributed by atoms with Crippen molar-refractivity contribution in [3.05, 3.63) is 83.3 Å². The third-order valence-corrected chi connectivity index (χ3v) is 16.6. The lowest BCUT2D eigenvalue weighted by molar-refractivity contribution is 0.00509. The molecule has 0 saturated carbocycles. The Kier molecular flexibility index (Phi) is 13.5. The molecule has 0 bridgehead atoms. The third-order valence-electron chi connectivity index (χ3n) is 12.1. The van der Waals surface area contributed by atoms with E-state index in [1.807, 2.05) is 77.5 Å². The van der Waals surface area contributed by atoms with Gasteiger partial charge in [-0.1, -0.05) is 75.4 Å². The molecule has 0 unspecified atom stereocenters. The van der Waals surface area contributed by atoms with Crippen LogP contribution in [-0.2, 0) is 40.5 Å². The lowest BCUT2D eigenvalue weighted by Gasteiger charge is -2.36. The number of aromatic nitrogens is 3. The van der Waals surface area contributed by atoms with Gasteiger partial charge in [-0.15, -0.1) is 0 Å². The van der Waals surface area contributed by atoms with E-state index >= 15 is 0 Å². The summed E-state index contributed by atoms with van der Waals surface area (Å²) in [7, 11) is -0.123. The Balaban J connectivity index is 1.41. The molecule has 0 atom stereocenters. The minimum atomic E-state index is -2.11. The number of esters is 1. The van der Waals surface area contributed by atoms with Gasteiger partial charge in [0, 0.05) is 73.9 Å². The highest BCUT2D eigenvalue weighted by Crippen LogP contribution is 2.41. The van der Waals surface area contributed by atoms with E-state index in [0.29, 0.717) is 71.0 Å². The number of rotatable bonds is 13. The van der Waals surface area contributed by atoms with Crippen LogP contribution in [0.3, 0.4) is 0 Å². The zero-order valence-electron chi connectivity index (χ0n) is 39.0. The first-order valence-corrected chi connectivity index (χ1v) is 24.8. The standard InChI is InChI=1S/C49H69N5O6Si/c1-34-42(40(50-51(34)11)33-58-61(12,13)49(8,9)10)39-23-17-22-37-38(24-18-32-57-41-25-16-20-35-19-14-15-21-36(35)41)44(45(55)59-47(2,3)4)54(43(37)39)31-28-52-26-29-53(30-27-52)46(56)60-48(5,6)7/h14-17,19-23,25H,18,24,26-33H2,1-13H3. The largest absolute Gasteiger partial charge is 0.493 e. The fourth-order valence-corrected chi connectivity index (χ4v) is 8.72. The summed E-state index contributed by atoms with van der Waals surface area (Å²) < 4.78 is 29.3. The van der Waals surface area contributed by atoms with Crippen molar-refractivity contribution in [3.63, 3.8) is 0 Å². The summed E-state index contributed by atoms with van der Waals surface area (Å²) >= 11 is 0. The van der Waals surface area contributed by atoms with Gasteiger partial charge < -0.3 is 28.1 Å². The predicted molar refractivity (Wildman–Crippen MR) is 248 cm³/mol. The van der Waals surface area contributed by atoms with Crippen molar-refractivity contribution in [1.29, 1.82) is 0 Å². The van der Waals surface area contributed by atoms with Crippen molar-refractivity contribution in [2.24, 2.45) is 7.05 Å². The molecule has 61 heavy (non-hydrogen) atoms. The van der Waals surface area contributed by atoms with E-state index < -0.39 is 19.5 Å². The maximum absolute atomic E-state index is 14.7. The smallest absolute Gasteiger partial charge is 0.410 e. The van der Waals surface area contributed by atoms with Crippen molar-refractivity contribution in [3.8, 4) is 16.9 Å². The average molecular weight is 852 g/mol. The first kappa shape index (κ1) is 45.9. The maximum atomic E-state index is 14.7. The molecule has 11 nitrogen and oxygen atoms in total. The molecule has 0 N–H and O–H groups in total. The molecule has 5 aromatic rings. The average Bonchev–Trinajstić information content (AvgIpc) is 3.65. The third kappa shape index (κ3) is 10.7. The van der Waals surface area contributed by atoms with Gasteiger partial charge in [0.2, 0.25) is 0 Å². The van der Waals surface area contributed by atoms with E-state index in [4.69, 9.17) is 23.7 Å². The van der Waals surface area contributed by atoms with Crippen molar-refractivity contribution in [2.75, 3.05) is 39.3 Å². The number of nitrogens with zero attached hydrogens (tertiary/aromatic N) is 5. The van der Waals surface area contributed by atoms with Crippen LogP contribution in [0.4, 0.5) is 4.79 Å². The quantitative estimate of drug-likeness (QED) is 0.0656. The maximum Gasteiger partial charge on any atom is 0.410 e. The van der Waals surface area contributed by atoms with E-state index in [2.05, 4.69) is 86.7 Å². The Labute approximate surface area is 364 Å². The van der Waals surface area contributed by atoms with Crippen LogP contribution >= 0.6 is 0 Å². The molecule has 1 saturated heterocycles. The Morgan fingerprint density at radius 1 is 0.787 bits per heavy atom. The van der Waals surface area contributed by atoms with Crippen LogP contribution in [0, 0.1) is 6.92 Å². The highest BCUT2D eigenvalue weighted by atomic mass is 28.4. The lowest BCUT2D eigenvalue weighted by Crippen LogP contribution is -2.50. The van der Waals surface area contributed by atoms with Gasteiger partial charge in [0.05, 0.1) is 24.4 Å². The summed E-state index contributed by atoms with van der Waals surface area (Å²) in [6, 6.07) is 20.8. The second-order valence-electron chi connectivity index (χ2n) is 20.0. The minimum Gasteiger partial charge on any atom is -0.493 e. The molecule has 1 amide bonds. The van der Waals surface area contributed by atoms with E-state index in [-0.39, 0.29) is 17.1 Å². The molecule has 0 radical (unpaired) electrons. The summed E-state index contributed by atoms with van der Waals surface area (Å²) in [5.74, 6) is 0.500. The second-order valence-corrected chi connectivity index (χ2v) is 24.8. The molecule has 0 spiro atoms. The zero-order valence-corrected chi connectivity index (χ0v) is 40.0. The predicted octanol–water partition coefficient (Wildman–Crippen LogP) is 10.5. The highest BCUT2D eigenvalue weighted by Gasteiger charge is 2.38. The van der Waals surface area contributed by atoms with Gasteiger partial charge in [0.1, 0.15) is 22.6 Å². The fourth-order valence-electron chi connectivity index (χ4n) is 7.79. The summed E-state index contributed by atoms with van der Waals surface area (Å²) in [4.78, 5) is 31.7. The van der Waals surface area contributed by atoms with Crippen LogP contribution < -0.4 is 4.74 Å². The van der Waals surface area contributed by atoms with Crippen molar-refractivity contribution in [2.45, 2.75) is 125 Å². The molecular formula is C49H69N5O6Si. The number of ether oxygens (including phenoxy) is 3. The van der Waals surface area contributed by atoms with Crippen molar-refractivity contribution in [1.82, 2.24) is 24.1 Å². The van der Waals surface area contributed by atoms with Crippen LogP contribution in [0.25, 0.3) is 32.8 Å². The number of aryl methyl sites for hydroxylation is 2. The molecule has 1 aliphatic heterocycles. The number of fused-ring (bicyclic) bond motifs is 2. The first-order valence-electron chi connectivity index (χ1n) is 21.9. The van der Waals surface area contributed by atoms with Gasteiger partial charge in [0.15, 0.2) is 8.32 Å². The number of carbonyl (C=O) groups is 2. The molecule has 0 aliphatic carbocycles. The fraction of sp³-hybridized carbons (Fsp3) is 0.531. The molecule has 2 aromatic heterocycles. The number of piperazine rings is 1. The Bertz CT molecular complexity index is 2350. The van der Waals surface area contributed by atoms with Crippen LogP contribution in [0.15, 0.2) is 60.7 Å².